The molecule has 1 aliphatic heterocycles. The molecule has 0 amide bonds. The van der Waals surface area contributed by atoms with Gasteiger partial charge in [0.2, 0.25) is 10.0 Å². The van der Waals surface area contributed by atoms with Crippen molar-refractivity contribution in [1.82, 2.24) is 14.5 Å². The van der Waals surface area contributed by atoms with Gasteiger partial charge in [0.25, 0.3) is 0 Å². The largest absolute Gasteiger partial charge is 0.492 e. The number of ether oxygens (including phenoxy) is 1. The molecule has 0 spiro atoms. The van der Waals surface area contributed by atoms with E-state index >= 15 is 0 Å². The number of aliphatic imine (C=N–C) groups is 1. The van der Waals surface area contributed by atoms with E-state index in [1.54, 1.807) is 16.4 Å². The summed E-state index contributed by atoms with van der Waals surface area (Å²) in [6.07, 6.45) is 2.97. The van der Waals surface area contributed by atoms with Crippen LogP contribution in [0.5, 0.6) is 5.75 Å². The minimum absolute atomic E-state index is 0.408. The van der Waals surface area contributed by atoms with Gasteiger partial charge < -0.3 is 15.0 Å². The van der Waals surface area contributed by atoms with Crippen LogP contribution >= 0.6 is 11.6 Å². The van der Waals surface area contributed by atoms with Crippen molar-refractivity contribution < 1.29 is 13.2 Å². The Kier molecular flexibility index (Phi) is 8.85. The first-order valence-corrected chi connectivity index (χ1v) is 11.8. The lowest BCUT2D eigenvalue weighted by molar-refractivity contribution is 0.274. The normalized spacial score (nSPS) is 16.8. The number of nitrogens with zero attached hydrogens (tertiary/aromatic N) is 3. The van der Waals surface area contributed by atoms with Gasteiger partial charge in [-0.2, -0.15) is 0 Å². The molecule has 0 aliphatic carbocycles. The number of sulfonamides is 1. The van der Waals surface area contributed by atoms with Crippen LogP contribution in [-0.2, 0) is 10.0 Å². The average Bonchev–Trinajstić information content (AvgIpc) is 2.66. The fraction of sp³-hybridized carbons (Fsp3) is 0.632. The topological polar surface area (TPSA) is 74.2 Å². The maximum Gasteiger partial charge on any atom is 0.211 e. The van der Waals surface area contributed by atoms with Gasteiger partial charge in [0.1, 0.15) is 12.4 Å². The predicted octanol–water partition coefficient (Wildman–Crippen LogP) is 2.29. The quantitative estimate of drug-likeness (QED) is 0.506. The highest BCUT2D eigenvalue weighted by Gasteiger charge is 2.24. The molecule has 0 atom stereocenters. The Balaban J connectivity index is 1.81. The summed E-state index contributed by atoms with van der Waals surface area (Å²) in [6, 6.07) is 7.32. The van der Waals surface area contributed by atoms with E-state index in [2.05, 4.69) is 5.32 Å². The van der Waals surface area contributed by atoms with Crippen molar-refractivity contribution in [1.29, 1.82) is 0 Å². The van der Waals surface area contributed by atoms with Crippen molar-refractivity contribution >= 4 is 27.6 Å². The molecule has 0 radical (unpaired) electrons. The van der Waals surface area contributed by atoms with Gasteiger partial charge in [0.05, 0.1) is 12.8 Å². The van der Waals surface area contributed by atoms with Crippen LogP contribution in [0.1, 0.15) is 19.8 Å². The number of benzene rings is 1. The number of hydrogen-bond acceptors (Lipinski definition) is 4. The minimum Gasteiger partial charge on any atom is -0.492 e. The molecular weight excluding hydrogens is 400 g/mol. The van der Waals surface area contributed by atoms with Crippen molar-refractivity contribution in [3.63, 3.8) is 0 Å². The summed E-state index contributed by atoms with van der Waals surface area (Å²) in [7, 11) is -1.10. The lowest BCUT2D eigenvalue weighted by atomic mass is 9.98. The molecule has 0 saturated carbocycles. The van der Waals surface area contributed by atoms with Gasteiger partial charge in [-0.3, -0.25) is 4.99 Å². The van der Waals surface area contributed by atoms with E-state index < -0.39 is 10.0 Å². The molecule has 1 heterocycles. The molecule has 28 heavy (non-hydrogen) atoms. The van der Waals surface area contributed by atoms with Crippen LogP contribution in [0.2, 0.25) is 5.02 Å². The molecule has 1 aromatic carbocycles. The second-order valence-electron chi connectivity index (χ2n) is 7.02. The van der Waals surface area contributed by atoms with Gasteiger partial charge >= 0.3 is 0 Å². The molecule has 1 saturated heterocycles. The number of guanidine groups is 1. The van der Waals surface area contributed by atoms with Crippen molar-refractivity contribution in [2.45, 2.75) is 19.8 Å². The Morgan fingerprint density at radius 2 is 1.96 bits per heavy atom. The highest BCUT2D eigenvalue weighted by Crippen LogP contribution is 2.19. The molecule has 0 bridgehead atoms. The molecule has 9 heteroatoms. The van der Waals surface area contributed by atoms with E-state index in [1.165, 1.54) is 6.26 Å². The van der Waals surface area contributed by atoms with Crippen molar-refractivity contribution in [2.75, 3.05) is 52.6 Å². The van der Waals surface area contributed by atoms with Crippen LogP contribution in [0.15, 0.2) is 29.3 Å². The van der Waals surface area contributed by atoms with Crippen molar-refractivity contribution in [3.8, 4) is 5.75 Å². The van der Waals surface area contributed by atoms with E-state index in [4.69, 9.17) is 21.3 Å². The van der Waals surface area contributed by atoms with Crippen molar-refractivity contribution in [2.24, 2.45) is 10.9 Å². The summed E-state index contributed by atoms with van der Waals surface area (Å²) in [5.74, 6) is 2.04. The average molecular weight is 431 g/mol. The van der Waals surface area contributed by atoms with Gasteiger partial charge in [-0.1, -0.05) is 11.6 Å². The predicted molar refractivity (Wildman–Crippen MR) is 115 cm³/mol. The van der Waals surface area contributed by atoms with Gasteiger partial charge in [0.15, 0.2) is 5.96 Å². The van der Waals surface area contributed by atoms with Crippen LogP contribution < -0.4 is 10.1 Å². The maximum absolute atomic E-state index is 11.6. The molecule has 1 fully saturated rings. The van der Waals surface area contributed by atoms with Crippen LogP contribution in [0.3, 0.4) is 0 Å². The summed E-state index contributed by atoms with van der Waals surface area (Å²) >= 11 is 5.88. The molecule has 7 nitrogen and oxygen atoms in total. The molecule has 158 valence electrons. The zero-order valence-corrected chi connectivity index (χ0v) is 18.5. The fourth-order valence-corrected chi connectivity index (χ4v) is 4.05. The molecule has 0 unspecified atom stereocenters. The summed E-state index contributed by atoms with van der Waals surface area (Å²) in [5, 5.41) is 4.00. The number of rotatable bonds is 8. The maximum atomic E-state index is 11.6. The second-order valence-corrected chi connectivity index (χ2v) is 9.44. The minimum atomic E-state index is -3.08. The third kappa shape index (κ3) is 7.48. The number of likely N-dealkylation sites (N-methyl/N-ethyl adjacent to an activating group) is 1. The zero-order chi connectivity index (χ0) is 20.6. The highest BCUT2D eigenvalue weighted by molar-refractivity contribution is 7.88. The van der Waals surface area contributed by atoms with Crippen molar-refractivity contribution in [3.05, 3.63) is 29.3 Å². The first kappa shape index (κ1) is 22.8. The first-order chi connectivity index (χ1) is 13.3. The van der Waals surface area contributed by atoms with Gasteiger partial charge in [-0.15, -0.1) is 0 Å². The number of hydrogen-bond donors (Lipinski definition) is 1. The molecule has 0 aromatic heterocycles. The van der Waals surface area contributed by atoms with Gasteiger partial charge in [0, 0.05) is 38.2 Å². The summed E-state index contributed by atoms with van der Waals surface area (Å²) < 4.78 is 30.5. The Hall–Kier alpha value is -1.51. The number of halogens is 1. The summed E-state index contributed by atoms with van der Waals surface area (Å²) in [6.45, 7) is 5.92. The molecule has 2 rings (SSSR count). The van der Waals surface area contributed by atoms with Crippen LogP contribution in [0.25, 0.3) is 0 Å². The van der Waals surface area contributed by atoms with Gasteiger partial charge in [-0.25, -0.2) is 12.7 Å². The Morgan fingerprint density at radius 3 is 2.54 bits per heavy atom. The molecule has 1 aromatic rings. The third-order valence-corrected chi connectivity index (χ3v) is 6.30. The van der Waals surface area contributed by atoms with E-state index in [0.29, 0.717) is 43.7 Å². The number of nitrogens with one attached hydrogen (secondary N) is 1. The van der Waals surface area contributed by atoms with E-state index in [9.17, 15) is 8.42 Å². The highest BCUT2D eigenvalue weighted by atomic mass is 35.5. The van der Waals surface area contributed by atoms with Crippen LogP contribution in [0, 0.1) is 5.92 Å². The third-order valence-electron chi connectivity index (χ3n) is 4.75. The molecule has 1 N–H and O–H groups in total. The lowest BCUT2D eigenvalue weighted by Gasteiger charge is -2.30. The summed E-state index contributed by atoms with van der Waals surface area (Å²) in [4.78, 5) is 6.80. The fourth-order valence-electron chi connectivity index (χ4n) is 3.05. The molecule has 1 aliphatic rings. The number of piperidine rings is 1. The molecular formula is C19H31ClN4O3S. The van der Waals surface area contributed by atoms with Crippen LogP contribution in [0.4, 0.5) is 0 Å². The Bertz CT molecular complexity index is 732. The Labute approximate surface area is 173 Å². The second kappa shape index (κ2) is 10.9. The van der Waals surface area contributed by atoms with Gasteiger partial charge in [-0.05, 0) is 49.9 Å². The van der Waals surface area contributed by atoms with E-state index in [1.807, 2.05) is 31.0 Å². The first-order valence-electron chi connectivity index (χ1n) is 9.62. The van der Waals surface area contributed by atoms with E-state index in [0.717, 1.165) is 31.1 Å². The monoisotopic (exact) mass is 430 g/mol. The van der Waals surface area contributed by atoms with E-state index in [-0.39, 0.29) is 0 Å². The Morgan fingerprint density at radius 1 is 1.32 bits per heavy atom. The summed E-state index contributed by atoms with van der Waals surface area (Å²) in [5.41, 5.74) is 0. The SMILES string of the molecule is CCNC(=NCC1CCN(S(C)(=O)=O)CC1)N(C)CCOc1ccc(Cl)cc1. The van der Waals surface area contributed by atoms with Crippen LogP contribution in [-0.4, -0.2) is 76.2 Å². The zero-order valence-electron chi connectivity index (χ0n) is 16.9. The standard InChI is InChI=1S/C19H31ClN4O3S/c1-4-21-19(22-15-16-9-11-24(12-10-16)28(3,25)26)23(2)13-14-27-18-7-5-17(20)6-8-18/h5-8,16H,4,9-15H2,1-3H3,(H,21,22). The lowest BCUT2D eigenvalue weighted by Crippen LogP contribution is -2.42. The smallest absolute Gasteiger partial charge is 0.211 e.